The Kier molecular flexibility index (Phi) is 8.80. The topological polar surface area (TPSA) is 57.7 Å². The number of aromatic nitrogens is 1. The van der Waals surface area contributed by atoms with E-state index in [0.29, 0.717) is 17.3 Å². The highest BCUT2D eigenvalue weighted by Crippen LogP contribution is 2.27. The number of esters is 1. The van der Waals surface area contributed by atoms with Crippen LogP contribution in [0.1, 0.15) is 26.5 Å². The molecule has 0 bridgehead atoms. The lowest BCUT2D eigenvalue weighted by Gasteiger charge is -2.23. The van der Waals surface area contributed by atoms with E-state index < -0.39 is 0 Å². The number of carbonyl (C=O) groups excluding carboxylic acids is 1. The number of rotatable bonds is 9. The van der Waals surface area contributed by atoms with Gasteiger partial charge in [-0.05, 0) is 42.2 Å². The number of hydrogen-bond donors (Lipinski definition) is 0. The van der Waals surface area contributed by atoms with Crippen LogP contribution in [0.4, 0.5) is 0 Å². The van der Waals surface area contributed by atoms with Crippen LogP contribution in [0.3, 0.4) is 0 Å². The second kappa shape index (κ2) is 11.1. The van der Waals surface area contributed by atoms with Crippen LogP contribution in [0.25, 0.3) is 0 Å². The molecule has 2 aromatic rings. The molecule has 0 saturated carbocycles. The molecule has 0 radical (unpaired) electrons. The molecule has 7 heteroatoms. The predicted molar refractivity (Wildman–Crippen MR) is 114 cm³/mol. The molecule has 1 aromatic carbocycles. The molecule has 2 unspecified atom stereocenters. The maximum atomic E-state index is 12.6. The molecule has 0 N–H and O–H groups in total. The Hall–Kier alpha value is -2.24. The third-order valence-corrected chi connectivity index (χ3v) is 4.62. The van der Waals surface area contributed by atoms with Gasteiger partial charge in [-0.2, -0.15) is 0 Å². The van der Waals surface area contributed by atoms with Gasteiger partial charge in [-0.3, -0.25) is 4.79 Å². The normalized spacial score (nSPS) is 12.8. The third-order valence-electron chi connectivity index (χ3n) is 4.37. The number of benzene rings is 1. The van der Waals surface area contributed by atoms with Gasteiger partial charge in [-0.15, -0.1) is 0 Å². The van der Waals surface area contributed by atoms with Crippen molar-refractivity contribution in [2.45, 2.75) is 27.4 Å². The zero-order valence-corrected chi connectivity index (χ0v) is 18.4. The van der Waals surface area contributed by atoms with Crippen LogP contribution < -0.4 is 9.47 Å². The van der Waals surface area contributed by atoms with Crippen molar-refractivity contribution in [2.75, 3.05) is 7.11 Å². The van der Waals surface area contributed by atoms with Crippen LogP contribution in [0.15, 0.2) is 53.0 Å². The average molecular weight is 438 g/mol. The number of hydrogen-bond acceptors (Lipinski definition) is 5. The first-order valence-electron chi connectivity index (χ1n) is 9.27. The number of carbonyl (C=O) groups is 1. The van der Waals surface area contributed by atoms with Gasteiger partial charge in [0.05, 0.1) is 18.7 Å². The summed E-state index contributed by atoms with van der Waals surface area (Å²) in [6.45, 7) is 5.85. The van der Waals surface area contributed by atoms with E-state index in [9.17, 15) is 4.79 Å². The second-order valence-corrected chi connectivity index (χ2v) is 7.95. The van der Waals surface area contributed by atoms with Crippen molar-refractivity contribution in [1.29, 1.82) is 0 Å². The van der Waals surface area contributed by atoms with Crippen molar-refractivity contribution in [2.24, 2.45) is 17.8 Å². The lowest BCUT2D eigenvalue weighted by Crippen LogP contribution is -2.28. The van der Waals surface area contributed by atoms with E-state index in [-0.39, 0.29) is 34.8 Å². The number of methoxy groups -OCH3 is 1. The molecule has 0 spiro atoms. The van der Waals surface area contributed by atoms with Crippen molar-refractivity contribution in [3.63, 3.8) is 0 Å². The summed E-state index contributed by atoms with van der Waals surface area (Å²) in [6.07, 6.45) is 1.65. The van der Waals surface area contributed by atoms with Gasteiger partial charge in [-0.25, -0.2) is 4.98 Å². The third kappa shape index (κ3) is 7.26. The number of ether oxygens (including phenoxy) is 3. The molecule has 2 rings (SSSR count). The van der Waals surface area contributed by atoms with E-state index in [4.69, 9.17) is 37.4 Å². The average Bonchev–Trinajstić information content (AvgIpc) is 2.66. The quantitative estimate of drug-likeness (QED) is 0.440. The van der Waals surface area contributed by atoms with Crippen LogP contribution >= 0.6 is 23.2 Å². The highest BCUT2D eigenvalue weighted by molar-refractivity contribution is 6.55. The Balaban J connectivity index is 2.01. The molecule has 5 nitrogen and oxygen atoms in total. The fourth-order valence-electron chi connectivity index (χ4n) is 3.00. The van der Waals surface area contributed by atoms with Gasteiger partial charge in [0.2, 0.25) is 5.88 Å². The van der Waals surface area contributed by atoms with Gasteiger partial charge >= 0.3 is 5.97 Å². The molecule has 0 aliphatic heterocycles. The summed E-state index contributed by atoms with van der Waals surface area (Å²) in [5, 5.41) is 0. The van der Waals surface area contributed by atoms with Crippen LogP contribution in [0.2, 0.25) is 0 Å². The Bertz CT molecular complexity index is 833. The molecule has 0 fully saturated rings. The Morgan fingerprint density at radius 2 is 1.72 bits per heavy atom. The van der Waals surface area contributed by atoms with Crippen LogP contribution in [-0.4, -0.2) is 18.1 Å². The summed E-state index contributed by atoms with van der Waals surface area (Å²) in [7, 11) is 1.60. The molecule has 1 aromatic heterocycles. The summed E-state index contributed by atoms with van der Waals surface area (Å²) in [6, 6.07) is 12.5. The fraction of sp³-hybridized carbons (Fsp3) is 0.364. The van der Waals surface area contributed by atoms with E-state index >= 15 is 0 Å². The molecule has 1 heterocycles. The number of allylic oxidation sites excluding steroid dienone is 1. The standard InChI is InChI=1S/C22H25Cl2NO4/c1-14(2)21(15(3)12-19(23)24)22(26)28-13-16-6-5-7-20(25-16)29-18-10-8-17(27-4)9-11-18/h5-12,14-15,21H,13H2,1-4H3. The summed E-state index contributed by atoms with van der Waals surface area (Å²) in [5.74, 6) is 1.03. The highest BCUT2D eigenvalue weighted by atomic mass is 35.5. The molecular formula is C22H25Cl2NO4. The van der Waals surface area contributed by atoms with Crippen molar-refractivity contribution in [3.05, 3.63) is 58.7 Å². The van der Waals surface area contributed by atoms with Crippen LogP contribution in [-0.2, 0) is 16.1 Å². The number of halogens is 2. The predicted octanol–water partition coefficient (Wildman–Crippen LogP) is 6.15. The zero-order valence-electron chi connectivity index (χ0n) is 16.9. The van der Waals surface area contributed by atoms with Gasteiger partial charge < -0.3 is 14.2 Å². The van der Waals surface area contributed by atoms with Crippen molar-refractivity contribution in [3.8, 4) is 17.4 Å². The maximum absolute atomic E-state index is 12.6. The lowest BCUT2D eigenvalue weighted by molar-refractivity contribution is -0.153. The summed E-state index contributed by atoms with van der Waals surface area (Å²) < 4.78 is 16.5. The number of nitrogens with zero attached hydrogens (tertiary/aromatic N) is 1. The van der Waals surface area contributed by atoms with E-state index in [1.54, 1.807) is 55.7 Å². The van der Waals surface area contributed by atoms with Crippen molar-refractivity contribution < 1.29 is 19.0 Å². The van der Waals surface area contributed by atoms with E-state index in [1.165, 1.54) is 0 Å². The van der Waals surface area contributed by atoms with Crippen LogP contribution in [0, 0.1) is 17.8 Å². The van der Waals surface area contributed by atoms with Gasteiger partial charge in [0, 0.05) is 6.07 Å². The fourth-order valence-corrected chi connectivity index (χ4v) is 3.39. The van der Waals surface area contributed by atoms with Crippen molar-refractivity contribution >= 4 is 29.2 Å². The van der Waals surface area contributed by atoms with Crippen LogP contribution in [0.5, 0.6) is 17.4 Å². The summed E-state index contributed by atoms with van der Waals surface area (Å²) >= 11 is 11.5. The molecule has 29 heavy (non-hydrogen) atoms. The Morgan fingerprint density at radius 1 is 1.07 bits per heavy atom. The number of pyridine rings is 1. The van der Waals surface area contributed by atoms with Gasteiger partial charge in [0.1, 0.15) is 22.6 Å². The zero-order chi connectivity index (χ0) is 21.4. The maximum Gasteiger partial charge on any atom is 0.310 e. The highest BCUT2D eigenvalue weighted by Gasteiger charge is 2.29. The Morgan fingerprint density at radius 3 is 2.31 bits per heavy atom. The van der Waals surface area contributed by atoms with Gasteiger partial charge in [0.25, 0.3) is 0 Å². The Labute approximate surface area is 181 Å². The van der Waals surface area contributed by atoms with Gasteiger partial charge in [-0.1, -0.05) is 56.1 Å². The second-order valence-electron chi connectivity index (χ2n) is 6.94. The molecule has 0 aliphatic rings. The van der Waals surface area contributed by atoms with E-state index in [2.05, 4.69) is 4.98 Å². The van der Waals surface area contributed by atoms with Gasteiger partial charge in [0.15, 0.2) is 0 Å². The van der Waals surface area contributed by atoms with E-state index in [0.717, 1.165) is 5.75 Å². The lowest BCUT2D eigenvalue weighted by atomic mass is 9.84. The molecule has 0 aliphatic carbocycles. The minimum absolute atomic E-state index is 0.0485. The largest absolute Gasteiger partial charge is 0.497 e. The first-order valence-corrected chi connectivity index (χ1v) is 10.0. The smallest absolute Gasteiger partial charge is 0.310 e. The van der Waals surface area contributed by atoms with E-state index in [1.807, 2.05) is 20.8 Å². The molecular weight excluding hydrogens is 413 g/mol. The molecule has 0 saturated heterocycles. The first-order chi connectivity index (χ1) is 13.8. The monoisotopic (exact) mass is 437 g/mol. The minimum atomic E-state index is -0.360. The molecule has 0 amide bonds. The SMILES string of the molecule is COc1ccc(Oc2cccc(COC(=O)C(C(C)C)C(C)C=C(Cl)Cl)n2)cc1. The molecule has 156 valence electrons. The summed E-state index contributed by atoms with van der Waals surface area (Å²) in [5.41, 5.74) is 0.588. The summed E-state index contributed by atoms with van der Waals surface area (Å²) in [4.78, 5) is 17.0. The van der Waals surface area contributed by atoms with Crippen molar-refractivity contribution in [1.82, 2.24) is 4.98 Å². The first kappa shape index (κ1) is 23.0. The molecule has 2 atom stereocenters. The minimum Gasteiger partial charge on any atom is -0.497 e.